The van der Waals surface area contributed by atoms with Crippen molar-refractivity contribution in [3.8, 4) is 0 Å². The number of para-hydroxylation sites is 2. The minimum absolute atomic E-state index is 0.0745. The van der Waals surface area contributed by atoms with Crippen molar-refractivity contribution in [2.45, 2.75) is 4.34 Å². The van der Waals surface area contributed by atoms with Crippen LogP contribution in [0.15, 0.2) is 58.9 Å². The van der Waals surface area contributed by atoms with E-state index in [1.807, 2.05) is 48.5 Å². The Morgan fingerprint density at radius 3 is 2.62 bits per heavy atom. The van der Waals surface area contributed by atoms with Crippen LogP contribution in [-0.4, -0.2) is 23.7 Å². The van der Waals surface area contributed by atoms with E-state index in [1.165, 1.54) is 11.8 Å². The van der Waals surface area contributed by atoms with Gasteiger partial charge in [0.25, 0.3) is 0 Å². The molecule has 0 unspecified atom stereocenters. The molecule has 0 bridgehead atoms. The van der Waals surface area contributed by atoms with E-state index in [-0.39, 0.29) is 5.91 Å². The van der Waals surface area contributed by atoms with E-state index >= 15 is 0 Å². The molecular weight excluding hydrogens is 300 g/mol. The molecule has 0 fully saturated rings. The second-order valence-corrected chi connectivity index (χ2v) is 6.78. The molecule has 0 saturated carbocycles. The number of fused-ring (bicyclic) bond motifs is 1. The summed E-state index contributed by atoms with van der Waals surface area (Å²) in [5, 5.41) is 0. The van der Waals surface area contributed by atoms with Gasteiger partial charge >= 0.3 is 0 Å². The molecule has 0 aliphatic heterocycles. The van der Waals surface area contributed by atoms with Crippen molar-refractivity contribution < 1.29 is 4.79 Å². The molecule has 21 heavy (non-hydrogen) atoms. The third kappa shape index (κ3) is 3.25. The van der Waals surface area contributed by atoms with Crippen molar-refractivity contribution in [2.75, 3.05) is 17.7 Å². The minimum Gasteiger partial charge on any atom is -0.315 e. The van der Waals surface area contributed by atoms with Gasteiger partial charge in [-0.05, 0) is 24.3 Å². The van der Waals surface area contributed by atoms with E-state index in [0.29, 0.717) is 5.75 Å². The van der Waals surface area contributed by atoms with Gasteiger partial charge < -0.3 is 4.90 Å². The van der Waals surface area contributed by atoms with Crippen LogP contribution < -0.4 is 4.90 Å². The number of aromatic nitrogens is 1. The highest BCUT2D eigenvalue weighted by atomic mass is 32.2. The van der Waals surface area contributed by atoms with Crippen molar-refractivity contribution in [1.29, 1.82) is 0 Å². The average molecular weight is 314 g/mol. The van der Waals surface area contributed by atoms with Crippen LogP contribution in [0.25, 0.3) is 10.2 Å². The van der Waals surface area contributed by atoms with Crippen molar-refractivity contribution in [1.82, 2.24) is 4.98 Å². The molecule has 0 atom stereocenters. The summed E-state index contributed by atoms with van der Waals surface area (Å²) in [6.07, 6.45) is 0. The number of anilines is 1. The van der Waals surface area contributed by atoms with E-state index < -0.39 is 0 Å². The molecule has 3 nitrogen and oxygen atoms in total. The fourth-order valence-electron chi connectivity index (χ4n) is 1.93. The Labute approximate surface area is 131 Å². The van der Waals surface area contributed by atoms with Crippen LogP contribution in [0.4, 0.5) is 5.69 Å². The summed E-state index contributed by atoms with van der Waals surface area (Å²) < 4.78 is 2.09. The summed E-state index contributed by atoms with van der Waals surface area (Å²) in [5.41, 5.74) is 1.90. The van der Waals surface area contributed by atoms with Crippen molar-refractivity contribution >= 4 is 44.9 Å². The molecule has 2 aromatic carbocycles. The fraction of sp³-hybridized carbons (Fsp3) is 0.125. The van der Waals surface area contributed by atoms with E-state index in [0.717, 1.165) is 20.2 Å². The van der Waals surface area contributed by atoms with Gasteiger partial charge in [-0.1, -0.05) is 42.1 Å². The van der Waals surface area contributed by atoms with Crippen LogP contribution in [0.5, 0.6) is 0 Å². The number of carbonyl (C=O) groups is 1. The smallest absolute Gasteiger partial charge is 0.237 e. The number of rotatable bonds is 4. The van der Waals surface area contributed by atoms with Crippen LogP contribution in [0.1, 0.15) is 0 Å². The number of carbonyl (C=O) groups excluding carboxylic acids is 1. The van der Waals surface area contributed by atoms with Gasteiger partial charge in [0.05, 0.1) is 16.0 Å². The zero-order chi connectivity index (χ0) is 14.7. The molecule has 0 spiro atoms. The largest absolute Gasteiger partial charge is 0.315 e. The van der Waals surface area contributed by atoms with Crippen LogP contribution in [0, 0.1) is 0 Å². The Morgan fingerprint density at radius 2 is 1.86 bits per heavy atom. The first-order valence-corrected chi connectivity index (χ1v) is 8.34. The van der Waals surface area contributed by atoms with Crippen LogP contribution in [0.3, 0.4) is 0 Å². The molecule has 0 aliphatic carbocycles. The Morgan fingerprint density at radius 1 is 1.14 bits per heavy atom. The number of hydrogen-bond acceptors (Lipinski definition) is 4. The predicted octanol–water partition coefficient (Wildman–Crippen LogP) is 4.05. The molecule has 3 rings (SSSR count). The lowest BCUT2D eigenvalue weighted by molar-refractivity contribution is -0.115. The van der Waals surface area contributed by atoms with Gasteiger partial charge in [-0.15, -0.1) is 11.3 Å². The van der Waals surface area contributed by atoms with E-state index in [4.69, 9.17) is 0 Å². The summed E-state index contributed by atoms with van der Waals surface area (Å²) in [6, 6.07) is 17.7. The average Bonchev–Trinajstić information content (AvgIpc) is 2.95. The Hall–Kier alpha value is -1.85. The zero-order valence-electron chi connectivity index (χ0n) is 11.5. The molecule has 0 N–H and O–H groups in total. The normalized spacial score (nSPS) is 10.7. The first-order chi connectivity index (χ1) is 10.2. The topological polar surface area (TPSA) is 33.2 Å². The first kappa shape index (κ1) is 14.1. The van der Waals surface area contributed by atoms with Crippen molar-refractivity contribution in [3.63, 3.8) is 0 Å². The highest BCUT2D eigenvalue weighted by Gasteiger charge is 2.12. The maximum atomic E-state index is 12.2. The molecule has 3 aromatic rings. The van der Waals surface area contributed by atoms with Gasteiger partial charge in [0.15, 0.2) is 4.34 Å². The van der Waals surface area contributed by atoms with Crippen LogP contribution in [0.2, 0.25) is 0 Å². The summed E-state index contributed by atoms with van der Waals surface area (Å²) in [4.78, 5) is 18.4. The van der Waals surface area contributed by atoms with E-state index in [1.54, 1.807) is 23.3 Å². The van der Waals surface area contributed by atoms with Crippen LogP contribution >= 0.6 is 23.1 Å². The molecule has 106 valence electrons. The van der Waals surface area contributed by atoms with Crippen molar-refractivity contribution in [3.05, 3.63) is 54.6 Å². The molecule has 0 radical (unpaired) electrons. The molecule has 0 aliphatic rings. The maximum Gasteiger partial charge on any atom is 0.237 e. The number of thioether (sulfide) groups is 1. The minimum atomic E-state index is 0.0745. The highest BCUT2D eigenvalue weighted by Crippen LogP contribution is 2.29. The Bertz CT molecular complexity index is 722. The second-order valence-electron chi connectivity index (χ2n) is 4.52. The first-order valence-electron chi connectivity index (χ1n) is 6.54. The highest BCUT2D eigenvalue weighted by molar-refractivity contribution is 8.01. The Balaban J connectivity index is 1.65. The van der Waals surface area contributed by atoms with Gasteiger partial charge in [0.2, 0.25) is 5.91 Å². The standard InChI is InChI=1S/C16H14N2OS2/c1-18(12-7-3-2-4-8-12)15(19)11-20-16-17-13-9-5-6-10-14(13)21-16/h2-10H,11H2,1H3. The molecule has 1 amide bonds. The van der Waals surface area contributed by atoms with Gasteiger partial charge in [-0.2, -0.15) is 0 Å². The van der Waals surface area contributed by atoms with Crippen LogP contribution in [-0.2, 0) is 4.79 Å². The number of thiazole rings is 1. The molecule has 1 aromatic heterocycles. The van der Waals surface area contributed by atoms with Gasteiger partial charge in [0, 0.05) is 12.7 Å². The summed E-state index contributed by atoms with van der Waals surface area (Å²) >= 11 is 3.12. The third-order valence-electron chi connectivity index (χ3n) is 3.11. The van der Waals surface area contributed by atoms with E-state index in [9.17, 15) is 4.79 Å². The monoisotopic (exact) mass is 314 g/mol. The van der Waals surface area contributed by atoms with Crippen molar-refractivity contribution in [2.24, 2.45) is 0 Å². The predicted molar refractivity (Wildman–Crippen MR) is 90.2 cm³/mol. The number of hydrogen-bond donors (Lipinski definition) is 0. The summed E-state index contributed by atoms with van der Waals surface area (Å²) in [5.74, 6) is 0.469. The Kier molecular flexibility index (Phi) is 4.22. The molecule has 1 heterocycles. The van der Waals surface area contributed by atoms with Gasteiger partial charge in [0.1, 0.15) is 0 Å². The molecule has 0 saturated heterocycles. The van der Waals surface area contributed by atoms with Gasteiger partial charge in [-0.3, -0.25) is 4.79 Å². The zero-order valence-corrected chi connectivity index (χ0v) is 13.2. The number of nitrogens with zero attached hydrogens (tertiary/aromatic N) is 2. The molecule has 5 heteroatoms. The lowest BCUT2D eigenvalue weighted by Crippen LogP contribution is -2.27. The third-order valence-corrected chi connectivity index (χ3v) is 5.28. The second kappa shape index (κ2) is 6.28. The molecular formula is C16H14N2OS2. The maximum absolute atomic E-state index is 12.2. The number of amides is 1. The lowest BCUT2D eigenvalue weighted by atomic mass is 10.3. The fourth-order valence-corrected chi connectivity index (χ4v) is 3.91. The van der Waals surface area contributed by atoms with Gasteiger partial charge in [-0.25, -0.2) is 4.98 Å². The van der Waals surface area contributed by atoms with E-state index in [2.05, 4.69) is 11.1 Å². The summed E-state index contributed by atoms with van der Waals surface area (Å²) in [6.45, 7) is 0. The quantitative estimate of drug-likeness (QED) is 0.681. The lowest BCUT2D eigenvalue weighted by Gasteiger charge is -2.16. The SMILES string of the molecule is CN(C(=O)CSc1nc2ccccc2s1)c1ccccc1. The summed E-state index contributed by atoms with van der Waals surface area (Å²) in [7, 11) is 1.80. The number of benzene rings is 2.